The van der Waals surface area contributed by atoms with Gasteiger partial charge in [0, 0.05) is 19.0 Å². The average Bonchev–Trinajstić information content (AvgIpc) is 2.94. The highest BCUT2D eigenvalue weighted by Crippen LogP contribution is 2.48. The van der Waals surface area contributed by atoms with E-state index in [-0.39, 0.29) is 36.5 Å². The van der Waals surface area contributed by atoms with Gasteiger partial charge in [-0.2, -0.15) is 0 Å². The number of β-lactam (4-membered cyclic amide) rings is 1. The van der Waals surface area contributed by atoms with Crippen molar-refractivity contribution in [2.24, 2.45) is 11.8 Å². The molecule has 0 aromatic rings. The van der Waals surface area contributed by atoms with Gasteiger partial charge in [-0.15, -0.1) is 0 Å². The second-order valence-corrected chi connectivity index (χ2v) is 13.3. The van der Waals surface area contributed by atoms with Crippen LogP contribution in [0.3, 0.4) is 0 Å². The molecule has 0 bridgehead atoms. The first-order valence-corrected chi connectivity index (χ1v) is 13.7. The van der Waals surface area contributed by atoms with E-state index in [1.165, 1.54) is 0 Å². The summed E-state index contributed by atoms with van der Waals surface area (Å²) in [5, 5.41) is 9.22. The molecular formula is C20H37N2O5PSi. The summed E-state index contributed by atoms with van der Waals surface area (Å²) in [6.45, 7) is 11.7. The zero-order chi connectivity index (χ0) is 21.9. The minimum atomic E-state index is -1.84. The Bertz CT molecular complexity index is 647. The normalized spacial score (nSPS) is 25.3. The van der Waals surface area contributed by atoms with Crippen molar-refractivity contribution >= 4 is 29.7 Å². The lowest BCUT2D eigenvalue weighted by Crippen LogP contribution is -2.65. The molecule has 166 valence electrons. The van der Waals surface area contributed by atoms with Crippen LogP contribution in [0.25, 0.3) is 0 Å². The van der Waals surface area contributed by atoms with Gasteiger partial charge in [0.05, 0.1) is 34.1 Å². The van der Waals surface area contributed by atoms with Gasteiger partial charge >= 0.3 is 5.97 Å². The van der Waals surface area contributed by atoms with E-state index in [0.29, 0.717) is 18.8 Å². The van der Waals surface area contributed by atoms with Crippen LogP contribution in [0.4, 0.5) is 0 Å². The maximum absolute atomic E-state index is 13.1. The Hall–Kier alpha value is -0.793. The highest BCUT2D eigenvalue weighted by Gasteiger charge is 2.60. The molecule has 29 heavy (non-hydrogen) atoms. The summed E-state index contributed by atoms with van der Waals surface area (Å²) in [6.07, 6.45) is -0.166. The van der Waals surface area contributed by atoms with Crippen molar-refractivity contribution in [3.63, 3.8) is 0 Å². The van der Waals surface area contributed by atoms with Crippen LogP contribution in [-0.4, -0.2) is 74.0 Å². The van der Waals surface area contributed by atoms with Crippen LogP contribution in [0.15, 0.2) is 11.3 Å². The zero-order valence-electron chi connectivity index (χ0n) is 18.6. The fourth-order valence-electron chi connectivity index (χ4n) is 4.89. The Kier molecular flexibility index (Phi) is 8.45. The van der Waals surface area contributed by atoms with Gasteiger partial charge < -0.3 is 23.9 Å². The Morgan fingerprint density at radius 2 is 1.90 bits per heavy atom. The van der Waals surface area contributed by atoms with Crippen molar-refractivity contribution in [1.29, 1.82) is 0 Å². The summed E-state index contributed by atoms with van der Waals surface area (Å²) in [7, 11) is 2.04. The highest BCUT2D eigenvalue weighted by molar-refractivity contribution is 7.10. The molecule has 0 saturated carbocycles. The smallest absolute Gasteiger partial charge is 0.357 e. The van der Waals surface area contributed by atoms with Crippen LogP contribution in [0.5, 0.6) is 0 Å². The number of carbonyl (C=O) groups is 2. The summed E-state index contributed by atoms with van der Waals surface area (Å²) in [4.78, 5) is 29.2. The van der Waals surface area contributed by atoms with Crippen LogP contribution < -0.4 is 0 Å². The number of fused-ring (bicyclic) bond motifs is 1. The van der Waals surface area contributed by atoms with Gasteiger partial charge in [-0.3, -0.25) is 4.79 Å². The number of nitrogens with zero attached hydrogens (tertiary/aromatic N) is 2. The van der Waals surface area contributed by atoms with Gasteiger partial charge in [-0.05, 0) is 37.7 Å². The second-order valence-electron chi connectivity index (χ2n) is 8.32. The van der Waals surface area contributed by atoms with Crippen molar-refractivity contribution in [3.05, 3.63) is 11.3 Å². The van der Waals surface area contributed by atoms with E-state index in [1.54, 1.807) is 4.90 Å². The van der Waals surface area contributed by atoms with Gasteiger partial charge in [0.15, 0.2) is 8.32 Å². The maximum Gasteiger partial charge on any atom is 0.357 e. The first kappa shape index (κ1) is 24.5. The summed E-state index contributed by atoms with van der Waals surface area (Å²) in [6, 6.07) is 3.03. The topological polar surface area (TPSA) is 79.3 Å². The SMILES string of the molecule is CC[Si](CC)(CC)O[C@H](C)[C@H]1C(=O)N2C(C(=O)OP)=C(CN(C)CCO)[C@H](C)[C@H]12. The van der Waals surface area contributed by atoms with E-state index in [0.717, 1.165) is 23.7 Å². The predicted octanol–water partition coefficient (Wildman–Crippen LogP) is 2.38. The van der Waals surface area contributed by atoms with Crippen LogP contribution in [0, 0.1) is 11.8 Å². The first-order valence-electron chi connectivity index (χ1n) is 10.7. The number of carbonyl (C=O) groups excluding carboxylic acids is 2. The predicted molar refractivity (Wildman–Crippen MR) is 118 cm³/mol. The van der Waals surface area contributed by atoms with Crippen LogP contribution >= 0.6 is 9.47 Å². The lowest BCUT2D eigenvalue weighted by molar-refractivity contribution is -0.161. The number of hydrogen-bond acceptors (Lipinski definition) is 6. The van der Waals surface area contributed by atoms with Crippen LogP contribution in [0.1, 0.15) is 34.6 Å². The molecule has 2 aliphatic rings. The molecule has 9 heteroatoms. The molecule has 2 heterocycles. The van der Waals surface area contributed by atoms with Crippen molar-refractivity contribution in [3.8, 4) is 0 Å². The van der Waals surface area contributed by atoms with E-state index in [1.807, 2.05) is 28.3 Å². The van der Waals surface area contributed by atoms with Gasteiger partial charge in [0.2, 0.25) is 5.91 Å². The van der Waals surface area contributed by atoms with Crippen LogP contribution in [0.2, 0.25) is 18.1 Å². The Labute approximate surface area is 178 Å². The highest BCUT2D eigenvalue weighted by atomic mass is 31.0. The fourth-order valence-corrected chi connectivity index (χ4v) is 7.94. The number of aliphatic hydroxyl groups is 1. The molecule has 1 unspecified atom stereocenters. The van der Waals surface area contributed by atoms with E-state index in [2.05, 4.69) is 27.7 Å². The minimum Gasteiger partial charge on any atom is -0.447 e. The van der Waals surface area contributed by atoms with E-state index >= 15 is 0 Å². The zero-order valence-corrected chi connectivity index (χ0v) is 20.8. The number of rotatable bonds is 11. The largest absolute Gasteiger partial charge is 0.447 e. The summed E-state index contributed by atoms with van der Waals surface area (Å²) < 4.78 is 11.5. The Balaban J connectivity index is 2.28. The molecule has 1 N–H and O–H groups in total. The maximum atomic E-state index is 13.1. The standard InChI is InChI=1S/C20H37N2O5PSi/c1-7-29(8-2,9-3)27-14(5)16-17-13(4)15(12-21(6)10-11-23)18(20(25)26-28)22(17)19(16)24/h13-14,16-17,23H,7-12,28H2,1-6H3/t13-,14+,16+,17+/m0/s1. The third-order valence-electron chi connectivity index (χ3n) is 6.89. The molecule has 0 aromatic carbocycles. The number of amides is 1. The molecule has 0 radical (unpaired) electrons. The first-order chi connectivity index (χ1) is 13.7. The molecule has 1 amide bonds. The van der Waals surface area contributed by atoms with Gasteiger partial charge in [-0.25, -0.2) is 4.79 Å². The third-order valence-corrected chi connectivity index (χ3v) is 11.8. The lowest BCUT2D eigenvalue weighted by atomic mass is 9.77. The average molecular weight is 445 g/mol. The van der Waals surface area contributed by atoms with Gasteiger partial charge in [0.25, 0.3) is 0 Å². The summed E-state index contributed by atoms with van der Waals surface area (Å²) in [5.74, 6) is -0.762. The van der Waals surface area contributed by atoms with Gasteiger partial charge in [0.1, 0.15) is 5.70 Å². The molecule has 0 aromatic heterocycles. The van der Waals surface area contributed by atoms with Crippen molar-refractivity contribution in [1.82, 2.24) is 9.80 Å². The molecule has 2 aliphatic heterocycles. The molecule has 5 atom stereocenters. The summed E-state index contributed by atoms with van der Waals surface area (Å²) >= 11 is 0. The molecule has 2 rings (SSSR count). The van der Waals surface area contributed by atoms with Crippen molar-refractivity contribution in [2.75, 3.05) is 26.7 Å². The van der Waals surface area contributed by atoms with E-state index < -0.39 is 14.3 Å². The summed E-state index contributed by atoms with van der Waals surface area (Å²) in [5.41, 5.74) is 1.26. The fraction of sp³-hybridized carbons (Fsp3) is 0.800. The number of aliphatic hydroxyl groups excluding tert-OH is 1. The molecule has 1 saturated heterocycles. The second kappa shape index (κ2) is 10.0. The molecular weight excluding hydrogens is 407 g/mol. The van der Waals surface area contributed by atoms with Crippen molar-refractivity contribution < 1.29 is 23.6 Å². The van der Waals surface area contributed by atoms with Gasteiger partial charge in [-0.1, -0.05) is 27.7 Å². The monoisotopic (exact) mass is 444 g/mol. The molecule has 0 aliphatic carbocycles. The lowest BCUT2D eigenvalue weighted by Gasteiger charge is -2.49. The number of likely N-dealkylation sites (N-methyl/N-ethyl adjacent to an activating group) is 1. The van der Waals surface area contributed by atoms with Crippen LogP contribution in [-0.2, 0) is 18.5 Å². The molecule has 0 spiro atoms. The quantitative estimate of drug-likeness (QED) is 0.299. The molecule has 1 fully saturated rings. The Morgan fingerprint density at radius 1 is 1.31 bits per heavy atom. The number of hydrogen-bond donors (Lipinski definition) is 1. The third kappa shape index (κ3) is 4.47. The van der Waals surface area contributed by atoms with Crippen molar-refractivity contribution in [2.45, 2.75) is 64.9 Å². The van der Waals surface area contributed by atoms with E-state index in [9.17, 15) is 14.7 Å². The van der Waals surface area contributed by atoms with E-state index in [4.69, 9.17) is 8.95 Å². The minimum absolute atomic E-state index is 0.0324. The molecule has 7 nitrogen and oxygen atoms in total. The Morgan fingerprint density at radius 3 is 2.38 bits per heavy atom.